The van der Waals surface area contributed by atoms with Crippen molar-refractivity contribution in [2.24, 2.45) is 0 Å². The van der Waals surface area contributed by atoms with Crippen LogP contribution >= 0.6 is 11.3 Å². The van der Waals surface area contributed by atoms with Gasteiger partial charge >= 0.3 is 0 Å². The molecule has 3 aromatic heterocycles. The van der Waals surface area contributed by atoms with Crippen LogP contribution in [0.15, 0.2) is 52.4 Å². The number of hydrogen-bond acceptors (Lipinski definition) is 7. The second-order valence-corrected chi connectivity index (χ2v) is 8.20. The first-order valence-electron chi connectivity index (χ1n) is 9.59. The summed E-state index contributed by atoms with van der Waals surface area (Å²) in [7, 11) is 0. The maximum atomic E-state index is 5.88. The smallest absolute Gasteiger partial charge is 0.236 e. The van der Waals surface area contributed by atoms with Gasteiger partial charge in [0.25, 0.3) is 0 Å². The second-order valence-electron chi connectivity index (χ2n) is 7.25. The fourth-order valence-corrected chi connectivity index (χ4v) is 4.22. The van der Waals surface area contributed by atoms with E-state index in [4.69, 9.17) is 20.1 Å². The van der Waals surface area contributed by atoms with E-state index in [0.29, 0.717) is 5.89 Å². The minimum absolute atomic E-state index is 0.710. The highest BCUT2D eigenvalue weighted by molar-refractivity contribution is 7.13. The second kappa shape index (κ2) is 7.42. The molecule has 1 aliphatic heterocycles. The van der Waals surface area contributed by atoms with Crippen LogP contribution in [0.4, 0.5) is 5.69 Å². The Bertz CT molecular complexity index is 1130. The number of nitrogen functional groups attached to an aromatic ring is 1. The van der Waals surface area contributed by atoms with Gasteiger partial charge in [-0.3, -0.25) is 4.90 Å². The number of nitrogens with two attached hydrogens (primary N) is 1. The van der Waals surface area contributed by atoms with E-state index >= 15 is 0 Å². The normalized spacial score (nSPS) is 14.1. The van der Waals surface area contributed by atoms with Crippen molar-refractivity contribution in [2.45, 2.75) is 26.4 Å². The van der Waals surface area contributed by atoms with Crippen LogP contribution in [0.25, 0.3) is 22.2 Å². The number of aryl methyl sites for hydroxylation is 1. The Morgan fingerprint density at radius 2 is 2.03 bits per heavy atom. The van der Waals surface area contributed by atoms with Gasteiger partial charge in [0.15, 0.2) is 5.82 Å². The highest BCUT2D eigenvalue weighted by atomic mass is 32.1. The zero-order valence-corrected chi connectivity index (χ0v) is 16.9. The van der Waals surface area contributed by atoms with E-state index in [0.717, 1.165) is 65.2 Å². The molecule has 0 aliphatic carbocycles. The van der Waals surface area contributed by atoms with Crippen LogP contribution < -0.4 is 5.73 Å². The molecule has 0 unspecified atom stereocenters. The van der Waals surface area contributed by atoms with Crippen molar-refractivity contribution < 1.29 is 4.42 Å². The molecule has 0 amide bonds. The average molecular weight is 404 g/mol. The summed E-state index contributed by atoms with van der Waals surface area (Å²) in [6, 6.07) is 11.7. The average Bonchev–Trinajstić information content (AvgIpc) is 3.39. The van der Waals surface area contributed by atoms with Crippen molar-refractivity contribution in [3.63, 3.8) is 0 Å². The maximum Gasteiger partial charge on any atom is 0.236 e. The Morgan fingerprint density at radius 1 is 1.17 bits per heavy atom. The molecule has 0 fully saturated rings. The SMILES string of the molecule is Cc1oc(-c2cccs2)nc1CN1CCc2nc(-c3ccc(N)cc3)ncc2C1. The Hall–Kier alpha value is -3.03. The van der Waals surface area contributed by atoms with Crippen molar-refractivity contribution >= 4 is 17.0 Å². The van der Waals surface area contributed by atoms with Crippen molar-refractivity contribution in [2.75, 3.05) is 12.3 Å². The maximum absolute atomic E-state index is 5.88. The topological polar surface area (TPSA) is 81.1 Å². The van der Waals surface area contributed by atoms with Crippen molar-refractivity contribution in [1.82, 2.24) is 19.9 Å². The summed E-state index contributed by atoms with van der Waals surface area (Å²) in [6.07, 6.45) is 2.85. The first-order valence-corrected chi connectivity index (χ1v) is 10.5. The lowest BCUT2D eigenvalue weighted by molar-refractivity contribution is 0.239. The number of fused-ring (bicyclic) bond motifs is 1. The molecule has 0 bridgehead atoms. The molecule has 1 aliphatic rings. The monoisotopic (exact) mass is 403 g/mol. The number of thiophene rings is 1. The molecule has 29 heavy (non-hydrogen) atoms. The van der Waals surface area contributed by atoms with Gasteiger partial charge in [-0.05, 0) is 42.6 Å². The van der Waals surface area contributed by atoms with Gasteiger partial charge in [-0.1, -0.05) is 6.07 Å². The van der Waals surface area contributed by atoms with Crippen molar-refractivity contribution in [3.8, 4) is 22.2 Å². The number of anilines is 1. The quantitative estimate of drug-likeness (QED) is 0.512. The van der Waals surface area contributed by atoms with Crippen molar-refractivity contribution in [1.29, 1.82) is 0 Å². The molecule has 0 saturated carbocycles. The molecule has 0 atom stereocenters. The molecule has 0 radical (unpaired) electrons. The molecule has 1 aromatic carbocycles. The van der Waals surface area contributed by atoms with Crippen LogP contribution in [0.1, 0.15) is 22.7 Å². The van der Waals surface area contributed by atoms with Gasteiger partial charge in [0.1, 0.15) is 5.76 Å². The predicted molar refractivity (Wildman–Crippen MR) is 114 cm³/mol. The number of oxazole rings is 1. The van der Waals surface area contributed by atoms with Gasteiger partial charge in [0.2, 0.25) is 5.89 Å². The predicted octanol–water partition coefficient (Wildman–Crippen LogP) is 4.31. The van der Waals surface area contributed by atoms with E-state index in [2.05, 4.69) is 9.88 Å². The third-order valence-electron chi connectivity index (χ3n) is 5.18. The third kappa shape index (κ3) is 3.66. The zero-order chi connectivity index (χ0) is 19.8. The first kappa shape index (κ1) is 18.0. The van der Waals surface area contributed by atoms with Crippen LogP contribution in [0.2, 0.25) is 0 Å². The van der Waals surface area contributed by atoms with E-state index < -0.39 is 0 Å². The minimum atomic E-state index is 0.710. The number of benzene rings is 1. The Balaban J connectivity index is 1.32. The fourth-order valence-electron chi connectivity index (χ4n) is 3.57. The molecule has 2 N–H and O–H groups in total. The van der Waals surface area contributed by atoms with Gasteiger partial charge < -0.3 is 10.2 Å². The highest BCUT2D eigenvalue weighted by Crippen LogP contribution is 2.28. The molecular weight excluding hydrogens is 382 g/mol. The molecule has 4 heterocycles. The lowest BCUT2D eigenvalue weighted by Crippen LogP contribution is -2.31. The van der Waals surface area contributed by atoms with Crippen molar-refractivity contribution in [3.05, 3.63) is 70.7 Å². The van der Waals surface area contributed by atoms with Gasteiger partial charge in [-0.25, -0.2) is 15.0 Å². The van der Waals surface area contributed by atoms with Crippen LogP contribution in [-0.2, 0) is 19.5 Å². The molecule has 6 nitrogen and oxygen atoms in total. The summed E-state index contributed by atoms with van der Waals surface area (Å²) < 4.78 is 5.88. The van der Waals surface area contributed by atoms with E-state index in [1.54, 1.807) is 11.3 Å². The van der Waals surface area contributed by atoms with Gasteiger partial charge in [0, 0.05) is 49.1 Å². The Labute approximate surface area is 173 Å². The van der Waals surface area contributed by atoms with Crippen LogP contribution in [-0.4, -0.2) is 26.4 Å². The molecule has 0 spiro atoms. The molecular formula is C22H21N5OS. The molecule has 7 heteroatoms. The molecule has 146 valence electrons. The third-order valence-corrected chi connectivity index (χ3v) is 6.04. The lowest BCUT2D eigenvalue weighted by Gasteiger charge is -2.27. The standard InChI is InChI=1S/C22H21N5OS/c1-14-19(26-22(28-14)20-3-2-10-29-20)13-27-9-8-18-16(12-27)11-24-21(25-18)15-4-6-17(23)7-5-15/h2-7,10-11H,8-9,12-13,23H2,1H3. The summed E-state index contributed by atoms with van der Waals surface area (Å²) >= 11 is 1.64. The summed E-state index contributed by atoms with van der Waals surface area (Å²) in [6.45, 7) is 4.50. The van der Waals surface area contributed by atoms with E-state index in [1.165, 1.54) is 5.56 Å². The minimum Gasteiger partial charge on any atom is -0.440 e. The van der Waals surface area contributed by atoms with E-state index in [-0.39, 0.29) is 0 Å². The molecule has 4 aromatic rings. The highest BCUT2D eigenvalue weighted by Gasteiger charge is 2.21. The van der Waals surface area contributed by atoms with Gasteiger partial charge in [-0.2, -0.15) is 0 Å². The fraction of sp³-hybridized carbons (Fsp3) is 0.227. The molecule has 0 saturated heterocycles. The van der Waals surface area contributed by atoms with Crippen LogP contribution in [0, 0.1) is 6.92 Å². The van der Waals surface area contributed by atoms with Gasteiger partial charge in [-0.15, -0.1) is 11.3 Å². The summed E-state index contributed by atoms with van der Waals surface area (Å²) in [5.41, 5.74) is 10.8. The number of hydrogen-bond donors (Lipinski definition) is 1. The van der Waals surface area contributed by atoms with Crippen LogP contribution in [0.3, 0.4) is 0 Å². The Kier molecular flexibility index (Phi) is 4.61. The Morgan fingerprint density at radius 3 is 2.83 bits per heavy atom. The number of nitrogens with zero attached hydrogens (tertiary/aromatic N) is 4. The summed E-state index contributed by atoms with van der Waals surface area (Å²) in [4.78, 5) is 17.5. The lowest BCUT2D eigenvalue weighted by atomic mass is 10.1. The largest absolute Gasteiger partial charge is 0.440 e. The van der Waals surface area contributed by atoms with E-state index in [9.17, 15) is 0 Å². The number of aromatic nitrogens is 3. The molecule has 5 rings (SSSR count). The van der Waals surface area contributed by atoms with Crippen LogP contribution in [0.5, 0.6) is 0 Å². The summed E-state index contributed by atoms with van der Waals surface area (Å²) in [5.74, 6) is 2.35. The van der Waals surface area contributed by atoms with Gasteiger partial charge in [0.05, 0.1) is 16.3 Å². The number of rotatable bonds is 4. The zero-order valence-electron chi connectivity index (χ0n) is 16.1. The summed E-state index contributed by atoms with van der Waals surface area (Å²) in [5, 5.41) is 2.04. The first-order chi connectivity index (χ1) is 14.2. The van der Waals surface area contributed by atoms with E-state index in [1.807, 2.05) is 54.9 Å².